The SMILES string of the molecule is C/N=C(\SC)C1CCN(C(=O)OC(C)(C)C)CC1. The van der Waals surface area contributed by atoms with Crippen molar-refractivity contribution in [1.82, 2.24) is 4.90 Å². The van der Waals surface area contributed by atoms with Crippen LogP contribution in [0.2, 0.25) is 0 Å². The van der Waals surface area contributed by atoms with E-state index in [0.717, 1.165) is 25.9 Å². The van der Waals surface area contributed by atoms with E-state index >= 15 is 0 Å². The third kappa shape index (κ3) is 4.52. The molecule has 0 saturated carbocycles. The maximum atomic E-state index is 11.9. The van der Waals surface area contributed by atoms with Gasteiger partial charge in [0.2, 0.25) is 0 Å². The van der Waals surface area contributed by atoms with Crippen LogP contribution in [0.25, 0.3) is 0 Å². The number of hydrogen-bond donors (Lipinski definition) is 0. The monoisotopic (exact) mass is 272 g/mol. The maximum absolute atomic E-state index is 11.9. The van der Waals surface area contributed by atoms with Gasteiger partial charge in [0.1, 0.15) is 5.60 Å². The molecule has 104 valence electrons. The zero-order valence-electron chi connectivity index (χ0n) is 12.0. The van der Waals surface area contributed by atoms with E-state index in [2.05, 4.69) is 11.2 Å². The maximum Gasteiger partial charge on any atom is 0.410 e. The molecule has 1 saturated heterocycles. The van der Waals surface area contributed by atoms with E-state index in [0.29, 0.717) is 5.92 Å². The highest BCUT2D eigenvalue weighted by Gasteiger charge is 2.28. The van der Waals surface area contributed by atoms with Gasteiger partial charge in [0.15, 0.2) is 0 Å². The van der Waals surface area contributed by atoms with Crippen LogP contribution >= 0.6 is 11.8 Å². The van der Waals surface area contributed by atoms with Crippen molar-refractivity contribution in [2.24, 2.45) is 10.9 Å². The minimum absolute atomic E-state index is 0.194. The first-order chi connectivity index (χ1) is 8.37. The molecule has 18 heavy (non-hydrogen) atoms. The third-order valence-corrected chi connectivity index (χ3v) is 3.86. The minimum Gasteiger partial charge on any atom is -0.444 e. The van der Waals surface area contributed by atoms with Crippen LogP contribution in [0.3, 0.4) is 0 Å². The summed E-state index contributed by atoms with van der Waals surface area (Å²) in [6.07, 6.45) is 3.82. The highest BCUT2D eigenvalue weighted by Crippen LogP contribution is 2.24. The summed E-state index contributed by atoms with van der Waals surface area (Å²) in [6, 6.07) is 0. The molecule has 0 aromatic carbocycles. The molecular weight excluding hydrogens is 248 g/mol. The highest BCUT2D eigenvalue weighted by molar-refractivity contribution is 8.13. The summed E-state index contributed by atoms with van der Waals surface area (Å²) in [4.78, 5) is 18.0. The summed E-state index contributed by atoms with van der Waals surface area (Å²) in [5, 5.41) is 1.19. The van der Waals surface area contributed by atoms with Gasteiger partial charge in [0.05, 0.1) is 5.04 Å². The van der Waals surface area contributed by atoms with Crippen molar-refractivity contribution in [2.45, 2.75) is 39.2 Å². The van der Waals surface area contributed by atoms with Crippen molar-refractivity contribution in [3.05, 3.63) is 0 Å². The summed E-state index contributed by atoms with van der Waals surface area (Å²) < 4.78 is 5.38. The average Bonchev–Trinajstić information content (AvgIpc) is 2.29. The molecule has 1 fully saturated rings. The Hall–Kier alpha value is -0.710. The number of likely N-dealkylation sites (tertiary alicyclic amines) is 1. The van der Waals surface area contributed by atoms with E-state index < -0.39 is 5.60 Å². The summed E-state index contributed by atoms with van der Waals surface area (Å²) in [7, 11) is 1.84. The number of carbonyl (C=O) groups excluding carboxylic acids is 1. The van der Waals surface area contributed by atoms with E-state index in [9.17, 15) is 4.79 Å². The number of carbonyl (C=O) groups is 1. The van der Waals surface area contributed by atoms with Gasteiger partial charge in [-0.1, -0.05) is 0 Å². The Morgan fingerprint density at radius 3 is 2.28 bits per heavy atom. The van der Waals surface area contributed by atoms with Gasteiger partial charge in [-0.05, 0) is 39.9 Å². The zero-order valence-corrected chi connectivity index (χ0v) is 12.8. The van der Waals surface area contributed by atoms with Gasteiger partial charge < -0.3 is 9.64 Å². The second-order valence-electron chi connectivity index (χ2n) is 5.51. The molecule has 0 spiro atoms. The van der Waals surface area contributed by atoms with Crippen molar-refractivity contribution >= 4 is 22.9 Å². The van der Waals surface area contributed by atoms with Crippen molar-refractivity contribution < 1.29 is 9.53 Å². The summed E-state index contributed by atoms with van der Waals surface area (Å²) in [5.74, 6) is 0.503. The first kappa shape index (κ1) is 15.3. The van der Waals surface area contributed by atoms with E-state index in [1.54, 1.807) is 16.7 Å². The van der Waals surface area contributed by atoms with Crippen molar-refractivity contribution in [1.29, 1.82) is 0 Å². The molecule has 0 radical (unpaired) electrons. The molecule has 1 aliphatic heterocycles. The molecule has 1 heterocycles. The molecule has 5 heteroatoms. The number of hydrogen-bond acceptors (Lipinski definition) is 4. The van der Waals surface area contributed by atoms with Gasteiger partial charge in [-0.2, -0.15) is 0 Å². The fourth-order valence-corrected chi connectivity index (χ4v) is 2.83. The smallest absolute Gasteiger partial charge is 0.410 e. The van der Waals surface area contributed by atoms with E-state index in [-0.39, 0.29) is 6.09 Å². The molecule has 1 amide bonds. The van der Waals surface area contributed by atoms with Crippen LogP contribution in [-0.2, 0) is 4.74 Å². The first-order valence-corrected chi connectivity index (χ1v) is 7.58. The number of aliphatic imine (C=N–C) groups is 1. The number of rotatable bonds is 1. The number of piperidine rings is 1. The second kappa shape index (κ2) is 6.45. The molecule has 1 rings (SSSR count). The highest BCUT2D eigenvalue weighted by atomic mass is 32.2. The first-order valence-electron chi connectivity index (χ1n) is 6.36. The van der Waals surface area contributed by atoms with E-state index in [1.165, 1.54) is 5.04 Å². The van der Waals surface area contributed by atoms with E-state index in [4.69, 9.17) is 4.74 Å². The molecular formula is C13H24N2O2S. The third-order valence-electron chi connectivity index (χ3n) is 2.93. The normalized spacial score (nSPS) is 18.9. The Morgan fingerprint density at radius 1 is 1.33 bits per heavy atom. The molecule has 0 N–H and O–H groups in total. The van der Waals surface area contributed by atoms with Crippen LogP contribution in [0.5, 0.6) is 0 Å². The molecule has 4 nitrogen and oxygen atoms in total. The molecule has 0 unspecified atom stereocenters. The molecule has 0 bridgehead atoms. The number of amides is 1. The summed E-state index contributed by atoms with van der Waals surface area (Å²) in [5.41, 5.74) is -0.413. The zero-order chi connectivity index (χ0) is 13.8. The lowest BCUT2D eigenvalue weighted by molar-refractivity contribution is 0.0202. The Morgan fingerprint density at radius 2 is 1.89 bits per heavy atom. The Balaban J connectivity index is 2.47. The predicted molar refractivity (Wildman–Crippen MR) is 77.4 cm³/mol. The van der Waals surface area contributed by atoms with Gasteiger partial charge in [-0.25, -0.2) is 4.79 Å². The van der Waals surface area contributed by atoms with Crippen molar-refractivity contribution in [3.63, 3.8) is 0 Å². The lowest BCUT2D eigenvalue weighted by Crippen LogP contribution is -2.42. The van der Waals surface area contributed by atoms with Crippen LogP contribution < -0.4 is 0 Å². The largest absolute Gasteiger partial charge is 0.444 e. The van der Waals surface area contributed by atoms with Crippen molar-refractivity contribution in [3.8, 4) is 0 Å². The summed E-state index contributed by atoms with van der Waals surface area (Å²) in [6.45, 7) is 7.21. The Labute approximate surface area is 114 Å². The van der Waals surface area contributed by atoms with Crippen LogP contribution in [-0.4, -0.2) is 48.0 Å². The van der Waals surface area contributed by atoms with Gasteiger partial charge in [-0.3, -0.25) is 4.99 Å². The van der Waals surface area contributed by atoms with Crippen molar-refractivity contribution in [2.75, 3.05) is 26.4 Å². The number of nitrogens with zero attached hydrogens (tertiary/aromatic N) is 2. The quantitative estimate of drug-likeness (QED) is 0.544. The second-order valence-corrected chi connectivity index (χ2v) is 6.33. The average molecular weight is 272 g/mol. The number of ether oxygens (including phenoxy) is 1. The molecule has 1 aliphatic rings. The Bertz CT molecular complexity index is 315. The standard InChI is InChI=1S/C13H24N2O2S/c1-13(2,3)17-12(16)15-8-6-10(7-9-15)11(14-4)18-5/h10H,6-9H2,1-5H3/b14-11-. The van der Waals surface area contributed by atoms with Crippen LogP contribution in [0.1, 0.15) is 33.6 Å². The van der Waals surface area contributed by atoms with Crippen LogP contribution in [0, 0.1) is 5.92 Å². The predicted octanol–water partition coefficient (Wildman–Crippen LogP) is 3.02. The lowest BCUT2D eigenvalue weighted by atomic mass is 9.98. The lowest BCUT2D eigenvalue weighted by Gasteiger charge is -2.33. The Kier molecular flexibility index (Phi) is 5.50. The number of thioether (sulfide) groups is 1. The fraction of sp³-hybridized carbons (Fsp3) is 0.846. The fourth-order valence-electron chi connectivity index (χ4n) is 2.08. The van der Waals surface area contributed by atoms with Gasteiger partial charge in [0, 0.05) is 26.1 Å². The molecule has 0 aromatic heterocycles. The van der Waals surface area contributed by atoms with Gasteiger partial charge in [0.25, 0.3) is 0 Å². The topological polar surface area (TPSA) is 41.9 Å². The molecule has 0 aliphatic carbocycles. The minimum atomic E-state index is -0.413. The summed E-state index contributed by atoms with van der Waals surface area (Å²) >= 11 is 1.71. The molecule has 0 atom stereocenters. The van der Waals surface area contributed by atoms with E-state index in [1.807, 2.05) is 27.8 Å². The van der Waals surface area contributed by atoms with Crippen LogP contribution in [0.15, 0.2) is 4.99 Å². The molecule has 0 aromatic rings. The van der Waals surface area contributed by atoms with Gasteiger partial charge in [-0.15, -0.1) is 11.8 Å². The van der Waals surface area contributed by atoms with Crippen LogP contribution in [0.4, 0.5) is 4.79 Å². The van der Waals surface area contributed by atoms with Gasteiger partial charge >= 0.3 is 6.09 Å².